The molecule has 0 aliphatic carbocycles. The number of carbonyl (C=O) groups is 1. The third kappa shape index (κ3) is 3.37. The molecule has 0 aliphatic heterocycles. The highest BCUT2D eigenvalue weighted by Gasteiger charge is 2.17. The Kier molecular flexibility index (Phi) is 5.02. The van der Waals surface area contributed by atoms with Gasteiger partial charge >= 0.3 is 0 Å². The summed E-state index contributed by atoms with van der Waals surface area (Å²) in [5.74, 6) is 0.196. The van der Waals surface area contributed by atoms with Crippen LogP contribution in [0.1, 0.15) is 15.2 Å². The molecule has 0 radical (unpaired) electrons. The van der Waals surface area contributed by atoms with Crippen molar-refractivity contribution in [3.05, 3.63) is 63.7 Å². The van der Waals surface area contributed by atoms with E-state index in [2.05, 4.69) is 5.32 Å². The van der Waals surface area contributed by atoms with Gasteiger partial charge in [-0.05, 0) is 36.2 Å². The van der Waals surface area contributed by atoms with Crippen LogP contribution in [0.3, 0.4) is 0 Å². The van der Waals surface area contributed by atoms with Crippen LogP contribution in [0, 0.1) is 5.82 Å². The van der Waals surface area contributed by atoms with Crippen LogP contribution >= 0.6 is 22.9 Å². The van der Waals surface area contributed by atoms with Crippen molar-refractivity contribution in [2.24, 2.45) is 0 Å². The predicted octanol–water partition coefficient (Wildman–Crippen LogP) is 4.67. The molecule has 3 nitrogen and oxygen atoms in total. The molecule has 0 spiro atoms. The van der Waals surface area contributed by atoms with Crippen LogP contribution < -0.4 is 10.1 Å². The van der Waals surface area contributed by atoms with Crippen LogP contribution in [0.5, 0.6) is 5.75 Å². The molecule has 6 heteroatoms. The summed E-state index contributed by atoms with van der Waals surface area (Å²) < 4.78 is 19.2. The molecule has 0 aliphatic rings. The highest BCUT2D eigenvalue weighted by atomic mass is 35.5. The number of fused-ring (bicyclic) bond motifs is 1. The number of halogens is 2. The molecule has 0 saturated heterocycles. The van der Waals surface area contributed by atoms with E-state index in [0.29, 0.717) is 33.0 Å². The number of thiophene rings is 1. The van der Waals surface area contributed by atoms with Crippen LogP contribution in [-0.4, -0.2) is 19.6 Å². The van der Waals surface area contributed by atoms with Gasteiger partial charge < -0.3 is 10.1 Å². The van der Waals surface area contributed by atoms with Gasteiger partial charge in [0.15, 0.2) is 0 Å². The van der Waals surface area contributed by atoms with E-state index in [-0.39, 0.29) is 11.7 Å². The first kappa shape index (κ1) is 16.7. The smallest absolute Gasteiger partial charge is 0.262 e. The van der Waals surface area contributed by atoms with Gasteiger partial charge in [-0.3, -0.25) is 4.79 Å². The zero-order chi connectivity index (χ0) is 17.1. The van der Waals surface area contributed by atoms with Crippen LogP contribution in [0.25, 0.3) is 10.1 Å². The van der Waals surface area contributed by atoms with E-state index in [4.69, 9.17) is 16.3 Å². The summed E-state index contributed by atoms with van der Waals surface area (Å²) in [4.78, 5) is 12.8. The molecule has 0 fully saturated rings. The Morgan fingerprint density at radius 1 is 1.29 bits per heavy atom. The van der Waals surface area contributed by atoms with Crippen LogP contribution in [0.2, 0.25) is 5.02 Å². The Bertz CT molecular complexity index is 894. The molecule has 1 N–H and O–H groups in total. The van der Waals surface area contributed by atoms with Gasteiger partial charge in [-0.25, -0.2) is 4.39 Å². The number of hydrogen-bond acceptors (Lipinski definition) is 3. The standard InChI is InChI=1S/C18H15ClFNO2S/c1-23-14-5-3-2-4-11(14)8-9-21-18(22)17-16(19)13-7-6-12(20)10-15(13)24-17/h2-7,10H,8-9H2,1H3,(H,21,22). The Balaban J connectivity index is 1.70. The first-order valence-electron chi connectivity index (χ1n) is 7.38. The number of ether oxygens (including phenoxy) is 1. The van der Waals surface area contributed by atoms with Gasteiger partial charge in [0.05, 0.1) is 12.1 Å². The molecular weight excluding hydrogens is 349 g/mol. The second kappa shape index (κ2) is 7.20. The van der Waals surface area contributed by atoms with Crippen LogP contribution in [0.4, 0.5) is 4.39 Å². The summed E-state index contributed by atoms with van der Waals surface area (Å²) in [5.41, 5.74) is 1.02. The minimum atomic E-state index is -0.344. The van der Waals surface area contributed by atoms with Crippen molar-refractivity contribution in [2.45, 2.75) is 6.42 Å². The largest absolute Gasteiger partial charge is 0.496 e. The van der Waals surface area contributed by atoms with Gasteiger partial charge in [0.2, 0.25) is 0 Å². The van der Waals surface area contributed by atoms with Crippen molar-refractivity contribution in [1.29, 1.82) is 0 Å². The van der Waals surface area contributed by atoms with Crippen LogP contribution in [-0.2, 0) is 6.42 Å². The monoisotopic (exact) mass is 363 g/mol. The summed E-state index contributed by atoms with van der Waals surface area (Å²) in [6, 6.07) is 12.0. The SMILES string of the molecule is COc1ccccc1CCNC(=O)c1sc2cc(F)ccc2c1Cl. The summed E-state index contributed by atoms with van der Waals surface area (Å²) in [6.45, 7) is 0.456. The Hall–Kier alpha value is -2.11. The molecule has 0 bridgehead atoms. The summed E-state index contributed by atoms with van der Waals surface area (Å²) in [7, 11) is 1.62. The van der Waals surface area contributed by atoms with Gasteiger partial charge in [0, 0.05) is 16.6 Å². The maximum Gasteiger partial charge on any atom is 0.262 e. The van der Waals surface area contributed by atoms with Gasteiger partial charge in [0.1, 0.15) is 16.4 Å². The maximum atomic E-state index is 13.3. The van der Waals surface area contributed by atoms with E-state index < -0.39 is 0 Å². The molecule has 0 unspecified atom stereocenters. The molecule has 0 atom stereocenters. The van der Waals surface area contributed by atoms with Crippen molar-refractivity contribution in [1.82, 2.24) is 5.32 Å². The lowest BCUT2D eigenvalue weighted by atomic mass is 10.1. The molecule has 3 aromatic rings. The van der Waals surface area contributed by atoms with Crippen molar-refractivity contribution in [2.75, 3.05) is 13.7 Å². The fraction of sp³-hybridized carbons (Fsp3) is 0.167. The molecular formula is C18H15ClFNO2S. The number of methoxy groups -OCH3 is 1. The highest BCUT2D eigenvalue weighted by molar-refractivity contribution is 7.21. The zero-order valence-electron chi connectivity index (χ0n) is 12.9. The number of benzene rings is 2. The quantitative estimate of drug-likeness (QED) is 0.715. The predicted molar refractivity (Wildman–Crippen MR) is 95.8 cm³/mol. The lowest BCUT2D eigenvalue weighted by Gasteiger charge is -2.08. The second-order valence-corrected chi connectivity index (χ2v) is 6.63. The minimum Gasteiger partial charge on any atom is -0.496 e. The van der Waals surface area contributed by atoms with E-state index in [1.54, 1.807) is 13.2 Å². The van der Waals surface area contributed by atoms with E-state index in [1.807, 2.05) is 24.3 Å². The van der Waals surface area contributed by atoms with Gasteiger partial charge in [-0.2, -0.15) is 0 Å². The third-order valence-corrected chi connectivity index (χ3v) is 5.33. The summed E-state index contributed by atoms with van der Waals surface area (Å²) in [6.07, 6.45) is 0.646. The number of carbonyl (C=O) groups excluding carboxylic acids is 1. The molecule has 1 aromatic heterocycles. The second-order valence-electron chi connectivity index (χ2n) is 5.20. The minimum absolute atomic E-state index is 0.253. The molecule has 24 heavy (non-hydrogen) atoms. The van der Waals surface area contributed by atoms with Crippen molar-refractivity contribution >= 4 is 38.9 Å². The maximum absolute atomic E-state index is 13.3. The average Bonchev–Trinajstić information content (AvgIpc) is 2.91. The number of rotatable bonds is 5. The molecule has 3 rings (SSSR count). The first-order valence-corrected chi connectivity index (χ1v) is 8.57. The first-order chi connectivity index (χ1) is 11.6. The normalized spacial score (nSPS) is 10.8. The van der Waals surface area contributed by atoms with Gasteiger partial charge in [-0.1, -0.05) is 29.8 Å². The molecule has 2 aromatic carbocycles. The average molecular weight is 364 g/mol. The van der Waals surface area contributed by atoms with Crippen LogP contribution in [0.15, 0.2) is 42.5 Å². The van der Waals surface area contributed by atoms with Crippen molar-refractivity contribution in [3.8, 4) is 5.75 Å². The molecule has 1 heterocycles. The van der Waals surface area contributed by atoms with Crippen molar-refractivity contribution < 1.29 is 13.9 Å². The summed E-state index contributed by atoms with van der Waals surface area (Å²) >= 11 is 7.45. The van der Waals surface area contributed by atoms with E-state index in [0.717, 1.165) is 11.3 Å². The van der Waals surface area contributed by atoms with E-state index in [1.165, 1.54) is 23.5 Å². The van der Waals surface area contributed by atoms with Gasteiger partial charge in [-0.15, -0.1) is 11.3 Å². The lowest BCUT2D eigenvalue weighted by molar-refractivity contribution is 0.0958. The number of nitrogens with one attached hydrogen (secondary N) is 1. The fourth-order valence-corrected chi connectivity index (χ4v) is 3.94. The summed E-state index contributed by atoms with van der Waals surface area (Å²) in [5, 5.41) is 3.91. The molecule has 0 saturated carbocycles. The highest BCUT2D eigenvalue weighted by Crippen LogP contribution is 2.35. The van der Waals surface area contributed by atoms with Gasteiger partial charge in [0.25, 0.3) is 5.91 Å². The number of para-hydroxylation sites is 1. The van der Waals surface area contributed by atoms with E-state index in [9.17, 15) is 9.18 Å². The number of amides is 1. The van der Waals surface area contributed by atoms with Crippen molar-refractivity contribution in [3.63, 3.8) is 0 Å². The lowest BCUT2D eigenvalue weighted by Crippen LogP contribution is -2.25. The Morgan fingerprint density at radius 3 is 2.88 bits per heavy atom. The zero-order valence-corrected chi connectivity index (χ0v) is 14.5. The topological polar surface area (TPSA) is 38.3 Å². The Labute approximate surface area is 148 Å². The molecule has 1 amide bonds. The fourth-order valence-electron chi connectivity index (χ4n) is 2.49. The molecule has 124 valence electrons. The Morgan fingerprint density at radius 2 is 2.08 bits per heavy atom. The third-order valence-electron chi connectivity index (χ3n) is 3.67. The number of hydrogen-bond donors (Lipinski definition) is 1. The van der Waals surface area contributed by atoms with E-state index >= 15 is 0 Å².